The van der Waals surface area contributed by atoms with Crippen LogP contribution in [0.3, 0.4) is 0 Å². The van der Waals surface area contributed by atoms with Crippen LogP contribution < -0.4 is 10.1 Å². The van der Waals surface area contributed by atoms with Crippen LogP contribution in [0, 0.1) is 11.3 Å². The van der Waals surface area contributed by atoms with Crippen molar-refractivity contribution in [3.8, 4) is 22.9 Å². The van der Waals surface area contributed by atoms with E-state index in [4.69, 9.17) is 10.00 Å². The first kappa shape index (κ1) is 15.1. The van der Waals surface area contributed by atoms with Crippen LogP contribution in [0.15, 0.2) is 42.5 Å². The maximum atomic E-state index is 11.3. The fourth-order valence-corrected chi connectivity index (χ4v) is 2.69. The molecular weight excluding hydrogens is 288 g/mol. The zero-order chi connectivity index (χ0) is 16.1. The van der Waals surface area contributed by atoms with Gasteiger partial charge in [0.1, 0.15) is 12.2 Å². The van der Waals surface area contributed by atoms with Gasteiger partial charge in [-0.15, -0.1) is 0 Å². The fraction of sp³-hybridized carbons (Fsp3) is 0.263. The van der Waals surface area contributed by atoms with E-state index in [1.807, 2.05) is 24.3 Å². The number of hydrogen-bond acceptors (Lipinski definition) is 3. The van der Waals surface area contributed by atoms with Gasteiger partial charge in [0, 0.05) is 6.54 Å². The van der Waals surface area contributed by atoms with Crippen LogP contribution in [0.25, 0.3) is 11.1 Å². The summed E-state index contributed by atoms with van der Waals surface area (Å²) in [5, 5.41) is 11.2. The predicted molar refractivity (Wildman–Crippen MR) is 87.8 cm³/mol. The first-order valence-corrected chi connectivity index (χ1v) is 7.75. The molecule has 3 rings (SSSR count). The van der Waals surface area contributed by atoms with Crippen molar-refractivity contribution in [3.05, 3.63) is 53.6 Å². The summed E-state index contributed by atoms with van der Waals surface area (Å²) < 4.78 is 5.64. The number of benzene rings is 2. The Hall–Kier alpha value is -2.80. The van der Waals surface area contributed by atoms with E-state index >= 15 is 0 Å². The first-order valence-electron chi connectivity index (χ1n) is 7.75. The van der Waals surface area contributed by atoms with Crippen molar-refractivity contribution in [3.63, 3.8) is 0 Å². The van der Waals surface area contributed by atoms with Crippen molar-refractivity contribution in [1.29, 1.82) is 5.26 Å². The van der Waals surface area contributed by atoms with Crippen LogP contribution >= 0.6 is 0 Å². The van der Waals surface area contributed by atoms with Gasteiger partial charge in [-0.05, 0) is 47.2 Å². The molecule has 1 heterocycles. The number of carbonyl (C=O) groups excluding carboxylic acids is 1. The second kappa shape index (κ2) is 6.97. The maximum Gasteiger partial charge on any atom is 0.234 e. The van der Waals surface area contributed by atoms with E-state index in [2.05, 4.69) is 29.6 Å². The molecule has 2 aromatic carbocycles. The number of aryl methyl sites for hydroxylation is 1. The number of nitrogens with one attached hydrogen (secondary N) is 1. The third-order valence-electron chi connectivity index (χ3n) is 3.93. The summed E-state index contributed by atoms with van der Waals surface area (Å²) in [6.45, 7) is 1.25. The van der Waals surface area contributed by atoms with E-state index in [1.165, 1.54) is 11.1 Å². The van der Waals surface area contributed by atoms with E-state index in [0.29, 0.717) is 6.54 Å². The average molecular weight is 306 g/mol. The van der Waals surface area contributed by atoms with Crippen molar-refractivity contribution in [2.75, 3.05) is 6.61 Å². The average Bonchev–Trinajstić information content (AvgIpc) is 2.60. The molecule has 0 fully saturated rings. The molecule has 0 atom stereocenters. The van der Waals surface area contributed by atoms with E-state index in [0.717, 1.165) is 36.3 Å². The van der Waals surface area contributed by atoms with Crippen LogP contribution in [0.5, 0.6) is 5.75 Å². The normalized spacial score (nSPS) is 12.7. The molecule has 0 saturated carbocycles. The lowest BCUT2D eigenvalue weighted by atomic mass is 9.98. The smallest absolute Gasteiger partial charge is 0.234 e. The number of amides is 1. The number of fused-ring (bicyclic) bond motifs is 1. The van der Waals surface area contributed by atoms with Gasteiger partial charge in [0.2, 0.25) is 5.91 Å². The number of hydrogen-bond donors (Lipinski definition) is 1. The van der Waals surface area contributed by atoms with E-state index < -0.39 is 0 Å². The van der Waals surface area contributed by atoms with Gasteiger partial charge in [0.15, 0.2) is 0 Å². The molecule has 1 aliphatic rings. The van der Waals surface area contributed by atoms with Gasteiger partial charge >= 0.3 is 0 Å². The highest BCUT2D eigenvalue weighted by molar-refractivity contribution is 5.78. The molecule has 0 radical (unpaired) electrons. The molecule has 0 spiro atoms. The minimum Gasteiger partial charge on any atom is -0.493 e. The number of nitriles is 1. The Bertz CT molecular complexity index is 745. The van der Waals surface area contributed by atoms with Crippen molar-refractivity contribution in [2.45, 2.75) is 25.8 Å². The summed E-state index contributed by atoms with van der Waals surface area (Å²) in [6.07, 6.45) is 2.03. The molecule has 0 aliphatic carbocycles. The highest BCUT2D eigenvalue weighted by Crippen LogP contribution is 2.30. The molecule has 0 unspecified atom stereocenters. The number of rotatable bonds is 4. The molecule has 4 nitrogen and oxygen atoms in total. The minimum absolute atomic E-state index is 0.102. The third-order valence-corrected chi connectivity index (χ3v) is 3.93. The van der Waals surface area contributed by atoms with Gasteiger partial charge < -0.3 is 10.1 Å². The van der Waals surface area contributed by atoms with E-state index in [1.54, 1.807) is 0 Å². The van der Waals surface area contributed by atoms with Crippen LogP contribution in [0.2, 0.25) is 0 Å². The van der Waals surface area contributed by atoms with Crippen LogP contribution in [0.4, 0.5) is 0 Å². The van der Waals surface area contributed by atoms with Gasteiger partial charge in [-0.1, -0.05) is 30.3 Å². The second-order valence-corrected chi connectivity index (χ2v) is 5.58. The second-order valence-electron chi connectivity index (χ2n) is 5.58. The fourth-order valence-electron chi connectivity index (χ4n) is 2.69. The Labute approximate surface area is 135 Å². The molecule has 116 valence electrons. The van der Waals surface area contributed by atoms with Gasteiger partial charge in [-0.3, -0.25) is 4.79 Å². The van der Waals surface area contributed by atoms with Crippen molar-refractivity contribution in [1.82, 2.24) is 5.32 Å². The standard InChI is InChI=1S/C19H18N2O2/c20-10-9-19(22)21-13-14-3-5-15(6-4-14)16-7-8-18-17(12-16)2-1-11-23-18/h3-8,12H,1-2,9,11,13H2,(H,21,22). The summed E-state index contributed by atoms with van der Waals surface area (Å²) in [5.74, 6) is 0.753. The number of nitrogens with zero attached hydrogens (tertiary/aromatic N) is 1. The van der Waals surface area contributed by atoms with Crippen molar-refractivity contribution in [2.24, 2.45) is 0 Å². The molecule has 1 N–H and O–H groups in total. The van der Waals surface area contributed by atoms with Crippen LogP contribution in [-0.4, -0.2) is 12.5 Å². The molecule has 0 bridgehead atoms. The monoisotopic (exact) mass is 306 g/mol. The molecular formula is C19H18N2O2. The highest BCUT2D eigenvalue weighted by atomic mass is 16.5. The molecule has 4 heteroatoms. The SMILES string of the molecule is N#CCC(=O)NCc1ccc(-c2ccc3c(c2)CCCO3)cc1. The number of carbonyl (C=O) groups is 1. The Morgan fingerprint density at radius 2 is 1.96 bits per heavy atom. The third kappa shape index (κ3) is 3.70. The molecule has 1 aliphatic heterocycles. The Kier molecular flexibility index (Phi) is 4.58. The predicted octanol–water partition coefficient (Wildman–Crippen LogP) is 3.21. The lowest BCUT2D eigenvalue weighted by Crippen LogP contribution is -2.21. The highest BCUT2D eigenvalue weighted by Gasteiger charge is 2.11. The summed E-state index contributed by atoms with van der Waals surface area (Å²) in [4.78, 5) is 11.3. The summed E-state index contributed by atoms with van der Waals surface area (Å²) in [5.41, 5.74) is 4.60. The molecule has 1 amide bonds. The summed E-state index contributed by atoms with van der Waals surface area (Å²) >= 11 is 0. The van der Waals surface area contributed by atoms with Gasteiger partial charge in [-0.2, -0.15) is 5.26 Å². The topological polar surface area (TPSA) is 62.1 Å². The summed E-state index contributed by atoms with van der Waals surface area (Å²) in [6, 6.07) is 16.2. The lowest BCUT2D eigenvalue weighted by Gasteiger charge is -2.18. The molecule has 23 heavy (non-hydrogen) atoms. The van der Waals surface area contributed by atoms with Gasteiger partial charge in [0.25, 0.3) is 0 Å². The number of ether oxygens (including phenoxy) is 1. The van der Waals surface area contributed by atoms with Crippen molar-refractivity contribution >= 4 is 5.91 Å². The van der Waals surface area contributed by atoms with Crippen molar-refractivity contribution < 1.29 is 9.53 Å². The Morgan fingerprint density at radius 1 is 1.17 bits per heavy atom. The van der Waals surface area contributed by atoms with E-state index in [9.17, 15) is 4.79 Å². The first-order chi connectivity index (χ1) is 11.3. The van der Waals surface area contributed by atoms with Crippen LogP contribution in [-0.2, 0) is 17.8 Å². The zero-order valence-corrected chi connectivity index (χ0v) is 12.8. The quantitative estimate of drug-likeness (QED) is 0.943. The van der Waals surface area contributed by atoms with Gasteiger partial charge in [-0.25, -0.2) is 0 Å². The lowest BCUT2D eigenvalue weighted by molar-refractivity contribution is -0.120. The van der Waals surface area contributed by atoms with E-state index in [-0.39, 0.29) is 12.3 Å². The maximum absolute atomic E-state index is 11.3. The van der Waals surface area contributed by atoms with Crippen LogP contribution in [0.1, 0.15) is 24.0 Å². The summed E-state index contributed by atoms with van der Waals surface area (Å²) in [7, 11) is 0. The molecule has 0 saturated heterocycles. The molecule has 2 aromatic rings. The minimum atomic E-state index is -0.244. The molecule has 0 aromatic heterocycles. The van der Waals surface area contributed by atoms with Gasteiger partial charge in [0.05, 0.1) is 12.7 Å². The Balaban J connectivity index is 1.70. The largest absolute Gasteiger partial charge is 0.493 e. The Morgan fingerprint density at radius 3 is 2.74 bits per heavy atom. The zero-order valence-electron chi connectivity index (χ0n) is 12.8.